The van der Waals surface area contributed by atoms with Crippen LogP contribution in [0.4, 0.5) is 0 Å². The van der Waals surface area contributed by atoms with Gasteiger partial charge in [0.1, 0.15) is 0 Å². The molecule has 0 aliphatic heterocycles. The summed E-state index contributed by atoms with van der Waals surface area (Å²) in [4.78, 5) is 11.3. The molecule has 17 heavy (non-hydrogen) atoms. The number of carbonyl (C=O) groups is 1. The number of benzene rings is 1. The minimum absolute atomic E-state index is 0.224. The maximum atomic E-state index is 11.3. The van der Waals surface area contributed by atoms with Gasteiger partial charge in [0.25, 0.3) is 0 Å². The van der Waals surface area contributed by atoms with Crippen LogP contribution in [0, 0.1) is 0 Å². The minimum Gasteiger partial charge on any atom is -0.370 e. The van der Waals surface area contributed by atoms with Crippen LogP contribution in [0.15, 0.2) is 24.3 Å². The van der Waals surface area contributed by atoms with E-state index in [0.717, 1.165) is 25.8 Å². The lowest BCUT2D eigenvalue weighted by molar-refractivity contribution is -0.119. The van der Waals surface area contributed by atoms with Crippen LogP contribution < -0.4 is 11.1 Å². The summed E-state index contributed by atoms with van der Waals surface area (Å²) in [6.45, 7) is 3.05. The van der Waals surface area contributed by atoms with Gasteiger partial charge in [-0.05, 0) is 36.9 Å². The summed E-state index contributed by atoms with van der Waals surface area (Å²) in [6.07, 6.45) is 3.45. The van der Waals surface area contributed by atoms with Gasteiger partial charge in [0, 0.05) is 6.42 Å². The molecule has 92 valence electrons. The largest absolute Gasteiger partial charge is 0.370 e. The minimum atomic E-state index is -0.231. The predicted molar refractivity (Wildman–Crippen MR) is 68.5 cm³/mol. The average Bonchev–Trinajstić information content (AvgIpc) is 2.66. The van der Waals surface area contributed by atoms with Crippen LogP contribution in [-0.2, 0) is 16.8 Å². The Bertz CT molecular complexity index is 416. The van der Waals surface area contributed by atoms with Gasteiger partial charge in [0.2, 0.25) is 5.91 Å². The summed E-state index contributed by atoms with van der Waals surface area (Å²) < 4.78 is 0. The molecule has 3 N–H and O–H groups in total. The van der Waals surface area contributed by atoms with Crippen LogP contribution in [0.3, 0.4) is 0 Å². The molecule has 3 heteroatoms. The number of rotatable bonds is 5. The second-order valence-corrected chi connectivity index (χ2v) is 4.81. The summed E-state index contributed by atoms with van der Waals surface area (Å²) in [6, 6.07) is 8.35. The van der Waals surface area contributed by atoms with Crippen LogP contribution in [0.2, 0.25) is 0 Å². The molecule has 1 amide bonds. The summed E-state index contributed by atoms with van der Waals surface area (Å²) in [7, 11) is 0. The first-order valence-corrected chi connectivity index (χ1v) is 6.30. The van der Waals surface area contributed by atoms with E-state index in [2.05, 4.69) is 30.4 Å². The topological polar surface area (TPSA) is 55.1 Å². The number of carbonyl (C=O) groups excluding carboxylic acids is 1. The molecule has 0 saturated carbocycles. The zero-order chi connectivity index (χ0) is 12.3. The van der Waals surface area contributed by atoms with Crippen molar-refractivity contribution in [1.82, 2.24) is 5.32 Å². The third-order valence-corrected chi connectivity index (χ3v) is 3.54. The van der Waals surface area contributed by atoms with E-state index in [1.54, 1.807) is 0 Å². The maximum absolute atomic E-state index is 11.3. The number of aryl methyl sites for hydroxylation is 1. The molecule has 1 aliphatic carbocycles. The van der Waals surface area contributed by atoms with Gasteiger partial charge in [0.05, 0.1) is 5.54 Å². The Morgan fingerprint density at radius 2 is 2.24 bits per heavy atom. The van der Waals surface area contributed by atoms with Gasteiger partial charge in [-0.1, -0.05) is 31.2 Å². The van der Waals surface area contributed by atoms with Gasteiger partial charge >= 0.3 is 0 Å². The van der Waals surface area contributed by atoms with Crippen LogP contribution in [0.25, 0.3) is 0 Å². The molecule has 0 spiro atoms. The first kappa shape index (κ1) is 12.1. The average molecular weight is 232 g/mol. The molecule has 0 saturated heterocycles. The zero-order valence-corrected chi connectivity index (χ0v) is 10.3. The summed E-state index contributed by atoms with van der Waals surface area (Å²) in [5, 5.41) is 3.53. The molecule has 1 atom stereocenters. The van der Waals surface area contributed by atoms with E-state index < -0.39 is 0 Å². The van der Waals surface area contributed by atoms with Crippen LogP contribution in [-0.4, -0.2) is 12.5 Å². The summed E-state index contributed by atoms with van der Waals surface area (Å²) in [5.41, 5.74) is 7.79. The molecular formula is C14H20N2O. The number of nitrogens with one attached hydrogen (secondary N) is 1. The van der Waals surface area contributed by atoms with E-state index in [-0.39, 0.29) is 11.4 Å². The van der Waals surface area contributed by atoms with Crippen molar-refractivity contribution in [3.05, 3.63) is 35.4 Å². The number of nitrogens with two attached hydrogens (primary N) is 1. The SMILES string of the molecule is CCCNC1(CC(N)=O)CCc2ccccc21. The zero-order valence-electron chi connectivity index (χ0n) is 10.3. The standard InChI is InChI=1S/C14H20N2O/c1-2-9-16-14(10-13(15)17)8-7-11-5-3-4-6-12(11)14/h3-6,16H,2,7-10H2,1H3,(H2,15,17). The Morgan fingerprint density at radius 3 is 2.94 bits per heavy atom. The quantitative estimate of drug-likeness (QED) is 0.812. The van der Waals surface area contributed by atoms with Gasteiger partial charge in [0.15, 0.2) is 0 Å². The molecule has 0 aromatic heterocycles. The fourth-order valence-corrected chi connectivity index (χ4v) is 2.78. The van der Waals surface area contributed by atoms with E-state index in [4.69, 9.17) is 5.73 Å². The molecule has 0 bridgehead atoms. The highest BCUT2D eigenvalue weighted by molar-refractivity contribution is 5.76. The Labute approximate surface area is 102 Å². The maximum Gasteiger partial charge on any atom is 0.219 e. The molecule has 3 nitrogen and oxygen atoms in total. The Hall–Kier alpha value is -1.35. The Balaban J connectivity index is 2.32. The smallest absolute Gasteiger partial charge is 0.219 e. The molecule has 1 aliphatic rings. The number of amides is 1. The van der Waals surface area contributed by atoms with E-state index >= 15 is 0 Å². The van der Waals surface area contributed by atoms with Gasteiger partial charge in [-0.3, -0.25) is 4.79 Å². The molecule has 1 aromatic carbocycles. The second-order valence-electron chi connectivity index (χ2n) is 4.81. The second kappa shape index (κ2) is 4.88. The summed E-state index contributed by atoms with van der Waals surface area (Å²) >= 11 is 0. The van der Waals surface area contributed by atoms with Crippen molar-refractivity contribution in [2.45, 2.75) is 38.1 Å². The fourth-order valence-electron chi connectivity index (χ4n) is 2.78. The number of hydrogen-bond acceptors (Lipinski definition) is 2. The van der Waals surface area contributed by atoms with Crippen molar-refractivity contribution in [2.75, 3.05) is 6.54 Å². The van der Waals surface area contributed by atoms with Crippen molar-refractivity contribution in [2.24, 2.45) is 5.73 Å². The molecule has 2 rings (SSSR count). The van der Waals surface area contributed by atoms with Gasteiger partial charge in [-0.15, -0.1) is 0 Å². The van der Waals surface area contributed by atoms with Crippen molar-refractivity contribution >= 4 is 5.91 Å². The normalized spacial score (nSPS) is 22.4. The lowest BCUT2D eigenvalue weighted by Gasteiger charge is -2.30. The van der Waals surface area contributed by atoms with E-state index in [9.17, 15) is 4.79 Å². The molecule has 0 fully saturated rings. The highest BCUT2D eigenvalue weighted by atomic mass is 16.1. The third kappa shape index (κ3) is 2.34. The first-order chi connectivity index (χ1) is 8.18. The number of primary amides is 1. The van der Waals surface area contributed by atoms with E-state index in [1.165, 1.54) is 11.1 Å². The lowest BCUT2D eigenvalue weighted by atomic mass is 9.87. The third-order valence-electron chi connectivity index (χ3n) is 3.54. The van der Waals surface area contributed by atoms with Crippen molar-refractivity contribution in [1.29, 1.82) is 0 Å². The Kier molecular flexibility index (Phi) is 3.48. The van der Waals surface area contributed by atoms with Crippen LogP contribution in [0.1, 0.15) is 37.3 Å². The van der Waals surface area contributed by atoms with Crippen molar-refractivity contribution < 1.29 is 4.79 Å². The van der Waals surface area contributed by atoms with Crippen molar-refractivity contribution in [3.63, 3.8) is 0 Å². The number of hydrogen-bond donors (Lipinski definition) is 2. The Morgan fingerprint density at radius 1 is 1.47 bits per heavy atom. The highest BCUT2D eigenvalue weighted by Gasteiger charge is 2.38. The molecule has 1 unspecified atom stereocenters. The van der Waals surface area contributed by atoms with Crippen molar-refractivity contribution in [3.8, 4) is 0 Å². The van der Waals surface area contributed by atoms with Gasteiger partial charge in [-0.25, -0.2) is 0 Å². The molecule has 0 heterocycles. The van der Waals surface area contributed by atoms with Crippen LogP contribution in [0.5, 0.6) is 0 Å². The van der Waals surface area contributed by atoms with Crippen LogP contribution >= 0.6 is 0 Å². The van der Waals surface area contributed by atoms with E-state index in [1.807, 2.05) is 6.07 Å². The predicted octanol–water partition coefficient (Wildman–Crippen LogP) is 1.70. The van der Waals surface area contributed by atoms with E-state index in [0.29, 0.717) is 6.42 Å². The molecular weight excluding hydrogens is 212 g/mol. The monoisotopic (exact) mass is 232 g/mol. The fraction of sp³-hybridized carbons (Fsp3) is 0.500. The lowest BCUT2D eigenvalue weighted by Crippen LogP contribution is -2.44. The highest BCUT2D eigenvalue weighted by Crippen LogP contribution is 2.39. The van der Waals surface area contributed by atoms with Gasteiger partial charge in [-0.2, -0.15) is 0 Å². The molecule has 0 radical (unpaired) electrons. The van der Waals surface area contributed by atoms with Gasteiger partial charge < -0.3 is 11.1 Å². The number of fused-ring (bicyclic) bond motifs is 1. The summed E-state index contributed by atoms with van der Waals surface area (Å²) in [5.74, 6) is -0.231. The first-order valence-electron chi connectivity index (χ1n) is 6.30. The molecule has 1 aromatic rings.